The summed E-state index contributed by atoms with van der Waals surface area (Å²) in [5, 5.41) is 6.77. The quantitative estimate of drug-likeness (QED) is 0.168. The summed E-state index contributed by atoms with van der Waals surface area (Å²) < 4.78 is 6.05. The summed E-state index contributed by atoms with van der Waals surface area (Å²) in [7, 11) is 0. The molecular formula is C43H60N4O3. The Morgan fingerprint density at radius 2 is 1.18 bits per heavy atom. The number of ether oxygens (including phenoxy) is 1. The maximum Gasteiger partial charge on any atom is 0.255 e. The summed E-state index contributed by atoms with van der Waals surface area (Å²) in [4.78, 5) is 32.6. The molecule has 2 atom stereocenters. The molecule has 2 aliphatic heterocycles. The highest BCUT2D eigenvalue weighted by Crippen LogP contribution is 2.34. The van der Waals surface area contributed by atoms with Crippen LogP contribution in [-0.4, -0.2) is 44.6 Å². The molecule has 5 rings (SSSR count). The third-order valence-electron chi connectivity index (χ3n) is 10.0. The molecule has 7 nitrogen and oxygen atoms in total. The predicted octanol–water partition coefficient (Wildman–Crippen LogP) is 9.03. The lowest BCUT2D eigenvalue weighted by atomic mass is 9.94. The minimum atomic E-state index is -0.158. The first-order valence-electron chi connectivity index (χ1n) is 19.3. The van der Waals surface area contributed by atoms with E-state index in [0.717, 1.165) is 44.6 Å². The molecule has 7 heteroatoms. The fourth-order valence-electron chi connectivity index (χ4n) is 7.69. The van der Waals surface area contributed by atoms with E-state index in [1.165, 1.54) is 61.0 Å². The molecule has 3 aromatic carbocycles. The summed E-state index contributed by atoms with van der Waals surface area (Å²) >= 11 is 0. The zero-order valence-corrected chi connectivity index (χ0v) is 31.2. The number of nitrogens with one attached hydrogen (secondary N) is 2. The molecule has 2 amide bonds. The molecule has 2 heterocycles. The lowest BCUT2D eigenvalue weighted by molar-refractivity contribution is -0.121. The highest BCUT2D eigenvalue weighted by molar-refractivity contribution is 5.97. The van der Waals surface area contributed by atoms with Crippen LogP contribution in [0.3, 0.4) is 0 Å². The largest absolute Gasteiger partial charge is 0.493 e. The van der Waals surface area contributed by atoms with Crippen molar-refractivity contribution in [1.82, 2.24) is 10.6 Å². The van der Waals surface area contributed by atoms with Gasteiger partial charge in [-0.3, -0.25) is 9.59 Å². The standard InChI is InChI=1S/C43H60N4O3/c1-6-50-41-29-33(30-42(48)44-37(27-31(2)3)34-17-9-11-19-39(34)46-23-13-7-14-24-46)21-22-36(41)43(49)45-38(28-32(4)5)35-18-10-12-20-40(35)47-25-15-8-16-26-47/h9-12,17-22,29,31-32,37-38H,6-8,13-16,23-28,30H2,1-5H3,(H,44,48)(H,45,49)/t37-,38?/m0/s1. The summed E-state index contributed by atoms with van der Waals surface area (Å²) in [6, 6.07) is 22.5. The minimum absolute atomic E-state index is 0.0323. The summed E-state index contributed by atoms with van der Waals surface area (Å²) in [5.41, 5.74) is 6.13. The van der Waals surface area contributed by atoms with E-state index in [0.29, 0.717) is 29.8 Å². The normalized spacial score (nSPS) is 16.3. The Kier molecular flexibility index (Phi) is 13.6. The predicted molar refractivity (Wildman–Crippen MR) is 206 cm³/mol. The van der Waals surface area contributed by atoms with Gasteiger partial charge in [0.2, 0.25) is 5.91 Å². The van der Waals surface area contributed by atoms with Gasteiger partial charge in [0.25, 0.3) is 5.91 Å². The third-order valence-corrected chi connectivity index (χ3v) is 10.0. The Morgan fingerprint density at radius 1 is 0.680 bits per heavy atom. The van der Waals surface area contributed by atoms with Gasteiger partial charge in [-0.25, -0.2) is 0 Å². The van der Waals surface area contributed by atoms with Crippen LogP contribution in [-0.2, 0) is 11.2 Å². The molecular weight excluding hydrogens is 620 g/mol. The van der Waals surface area contributed by atoms with Gasteiger partial charge >= 0.3 is 0 Å². The van der Waals surface area contributed by atoms with Crippen molar-refractivity contribution < 1.29 is 14.3 Å². The van der Waals surface area contributed by atoms with E-state index in [9.17, 15) is 9.59 Å². The van der Waals surface area contributed by atoms with Crippen molar-refractivity contribution in [2.24, 2.45) is 11.8 Å². The van der Waals surface area contributed by atoms with Crippen LogP contribution in [0.2, 0.25) is 0 Å². The molecule has 1 unspecified atom stereocenters. The van der Waals surface area contributed by atoms with Crippen LogP contribution in [0.25, 0.3) is 0 Å². The number of amides is 2. The molecule has 2 fully saturated rings. The van der Waals surface area contributed by atoms with E-state index in [-0.39, 0.29) is 30.3 Å². The third kappa shape index (κ3) is 10.0. The van der Waals surface area contributed by atoms with E-state index >= 15 is 0 Å². The monoisotopic (exact) mass is 680 g/mol. The van der Waals surface area contributed by atoms with E-state index in [1.54, 1.807) is 0 Å². The van der Waals surface area contributed by atoms with E-state index in [2.05, 4.69) is 96.7 Å². The average Bonchev–Trinajstić information content (AvgIpc) is 3.11. The zero-order chi connectivity index (χ0) is 35.5. The smallest absolute Gasteiger partial charge is 0.255 e. The molecule has 2 N–H and O–H groups in total. The topological polar surface area (TPSA) is 73.9 Å². The van der Waals surface area contributed by atoms with Gasteiger partial charge in [-0.15, -0.1) is 0 Å². The first kappa shape index (κ1) is 37.3. The maximum atomic E-state index is 14.0. The van der Waals surface area contributed by atoms with Crippen LogP contribution >= 0.6 is 0 Å². The molecule has 0 spiro atoms. The van der Waals surface area contributed by atoms with Crippen molar-refractivity contribution in [3.63, 3.8) is 0 Å². The van der Waals surface area contributed by atoms with Crippen molar-refractivity contribution in [1.29, 1.82) is 0 Å². The van der Waals surface area contributed by atoms with Gasteiger partial charge in [-0.1, -0.05) is 70.2 Å². The molecule has 0 bridgehead atoms. The number of hydrogen-bond acceptors (Lipinski definition) is 5. The number of carbonyl (C=O) groups excluding carboxylic acids is 2. The number of para-hydroxylation sites is 2. The Morgan fingerprint density at radius 3 is 1.68 bits per heavy atom. The van der Waals surface area contributed by atoms with Gasteiger partial charge in [0.05, 0.1) is 30.7 Å². The lowest BCUT2D eigenvalue weighted by Crippen LogP contribution is -2.34. The molecule has 0 radical (unpaired) electrons. The Hall–Kier alpha value is -4.00. The van der Waals surface area contributed by atoms with E-state index in [4.69, 9.17) is 4.74 Å². The van der Waals surface area contributed by atoms with Gasteiger partial charge in [-0.05, 0) is 111 Å². The van der Waals surface area contributed by atoms with Gasteiger partial charge in [0.1, 0.15) is 5.75 Å². The fraction of sp³-hybridized carbons (Fsp3) is 0.535. The number of hydrogen-bond donors (Lipinski definition) is 2. The molecule has 0 saturated carbocycles. The highest BCUT2D eigenvalue weighted by atomic mass is 16.5. The molecule has 50 heavy (non-hydrogen) atoms. The minimum Gasteiger partial charge on any atom is -0.493 e. The second kappa shape index (κ2) is 18.3. The first-order valence-corrected chi connectivity index (χ1v) is 19.3. The molecule has 270 valence electrons. The van der Waals surface area contributed by atoms with Crippen LogP contribution in [0.4, 0.5) is 11.4 Å². The number of nitrogens with zero attached hydrogens (tertiary/aromatic N) is 2. The van der Waals surface area contributed by atoms with Crippen molar-refractivity contribution in [2.45, 2.75) is 104 Å². The van der Waals surface area contributed by atoms with E-state index in [1.807, 2.05) is 25.1 Å². The second-order valence-electron chi connectivity index (χ2n) is 15.1. The number of piperidine rings is 2. The highest BCUT2D eigenvalue weighted by Gasteiger charge is 2.26. The maximum absolute atomic E-state index is 14.0. The van der Waals surface area contributed by atoms with Crippen LogP contribution in [0.5, 0.6) is 5.75 Å². The Bertz CT molecular complexity index is 1540. The van der Waals surface area contributed by atoms with Gasteiger partial charge < -0.3 is 25.2 Å². The SMILES string of the molecule is CCOc1cc(CC(=O)N[C@@H](CC(C)C)c2ccccc2N2CCCCC2)ccc1C(=O)NC(CC(C)C)c1ccccc1N1CCCCC1. The van der Waals surface area contributed by atoms with Crippen LogP contribution in [0, 0.1) is 11.8 Å². The molecule has 0 aliphatic carbocycles. The summed E-state index contributed by atoms with van der Waals surface area (Å²) in [6.07, 6.45) is 9.25. The lowest BCUT2D eigenvalue weighted by Gasteiger charge is -2.33. The zero-order valence-electron chi connectivity index (χ0n) is 31.2. The van der Waals surface area contributed by atoms with Gasteiger partial charge in [0, 0.05) is 37.6 Å². The van der Waals surface area contributed by atoms with Crippen molar-refractivity contribution in [3.8, 4) is 5.75 Å². The van der Waals surface area contributed by atoms with Crippen LogP contribution < -0.4 is 25.2 Å². The first-order chi connectivity index (χ1) is 24.2. The van der Waals surface area contributed by atoms with Crippen molar-refractivity contribution in [2.75, 3.05) is 42.6 Å². The molecule has 3 aromatic rings. The fourth-order valence-corrected chi connectivity index (χ4v) is 7.69. The Labute approximate surface area is 301 Å². The number of rotatable bonds is 15. The van der Waals surface area contributed by atoms with Crippen LogP contribution in [0.1, 0.15) is 125 Å². The van der Waals surface area contributed by atoms with Crippen molar-refractivity contribution >= 4 is 23.2 Å². The molecule has 2 aliphatic rings. The van der Waals surface area contributed by atoms with Gasteiger partial charge in [-0.2, -0.15) is 0 Å². The second-order valence-corrected chi connectivity index (χ2v) is 15.1. The average molecular weight is 681 g/mol. The molecule has 2 saturated heterocycles. The van der Waals surface area contributed by atoms with Crippen LogP contribution in [0.15, 0.2) is 66.7 Å². The number of carbonyl (C=O) groups is 2. The Balaban J connectivity index is 1.33. The summed E-state index contributed by atoms with van der Waals surface area (Å²) in [6.45, 7) is 15.4. The number of benzene rings is 3. The number of anilines is 2. The molecule has 0 aromatic heterocycles. The van der Waals surface area contributed by atoms with Crippen molar-refractivity contribution in [3.05, 3.63) is 89.0 Å². The summed E-state index contributed by atoms with van der Waals surface area (Å²) in [5.74, 6) is 1.14. The van der Waals surface area contributed by atoms with Gasteiger partial charge in [0.15, 0.2) is 0 Å². The van der Waals surface area contributed by atoms with E-state index < -0.39 is 0 Å².